The summed E-state index contributed by atoms with van der Waals surface area (Å²) in [5.74, 6) is 1.73. The number of aryl methyl sites for hydroxylation is 1. The number of benzene rings is 1. The molecular weight excluding hydrogens is 272 g/mol. The van der Waals surface area contributed by atoms with Crippen molar-refractivity contribution < 1.29 is 0 Å². The van der Waals surface area contributed by atoms with E-state index in [1.807, 2.05) is 13.0 Å². The van der Waals surface area contributed by atoms with Crippen molar-refractivity contribution in [2.24, 2.45) is 5.92 Å². The second-order valence-corrected chi connectivity index (χ2v) is 6.33. The molecule has 2 heterocycles. The highest BCUT2D eigenvalue weighted by atomic mass is 15.1. The molecule has 2 aromatic rings. The second-order valence-electron chi connectivity index (χ2n) is 6.33. The number of nitrogens with zero attached hydrogens (tertiary/aromatic N) is 3. The van der Waals surface area contributed by atoms with Gasteiger partial charge in [0.1, 0.15) is 12.1 Å². The molecule has 22 heavy (non-hydrogen) atoms. The average molecular weight is 296 g/mol. The highest BCUT2D eigenvalue weighted by Gasteiger charge is 2.15. The number of piperidine rings is 1. The van der Waals surface area contributed by atoms with Gasteiger partial charge in [0.15, 0.2) is 0 Å². The van der Waals surface area contributed by atoms with Crippen molar-refractivity contribution in [2.75, 3.05) is 18.4 Å². The summed E-state index contributed by atoms with van der Waals surface area (Å²) in [7, 11) is 0. The molecule has 1 saturated heterocycles. The minimum atomic E-state index is 0.838. The standard InChI is InChI=1S/C18H24N4/c1-14-7-9-22(10-8-14)12-16-3-5-17(6-4-16)21-18-11-15(2)19-13-20-18/h3-6,11,13-14H,7-10,12H2,1-2H3,(H,19,20,21). The maximum absolute atomic E-state index is 4.23. The van der Waals surface area contributed by atoms with E-state index in [1.54, 1.807) is 6.33 Å². The lowest BCUT2D eigenvalue weighted by Gasteiger charge is -2.30. The molecule has 0 saturated carbocycles. The fourth-order valence-electron chi connectivity index (χ4n) is 2.84. The van der Waals surface area contributed by atoms with Crippen LogP contribution in [0.25, 0.3) is 0 Å². The Bertz CT molecular complexity index is 601. The molecule has 1 fully saturated rings. The van der Waals surface area contributed by atoms with E-state index in [0.29, 0.717) is 0 Å². The summed E-state index contributed by atoms with van der Waals surface area (Å²) in [6, 6.07) is 10.6. The minimum absolute atomic E-state index is 0.838. The first kappa shape index (κ1) is 15.0. The van der Waals surface area contributed by atoms with E-state index in [0.717, 1.165) is 29.7 Å². The number of aromatic nitrogens is 2. The normalized spacial score (nSPS) is 16.6. The van der Waals surface area contributed by atoms with Gasteiger partial charge in [0.25, 0.3) is 0 Å². The van der Waals surface area contributed by atoms with Gasteiger partial charge in [-0.05, 0) is 56.5 Å². The fourth-order valence-corrected chi connectivity index (χ4v) is 2.84. The molecule has 1 aliphatic rings. The van der Waals surface area contributed by atoms with Gasteiger partial charge >= 0.3 is 0 Å². The lowest BCUT2D eigenvalue weighted by Crippen LogP contribution is -2.32. The number of nitrogens with one attached hydrogen (secondary N) is 1. The summed E-state index contributed by atoms with van der Waals surface area (Å²) in [6.45, 7) is 7.82. The quantitative estimate of drug-likeness (QED) is 0.932. The van der Waals surface area contributed by atoms with E-state index in [9.17, 15) is 0 Å². The van der Waals surface area contributed by atoms with E-state index < -0.39 is 0 Å². The SMILES string of the molecule is Cc1cc(Nc2ccc(CN3CCC(C)CC3)cc2)ncn1. The Labute approximate surface area is 132 Å². The van der Waals surface area contributed by atoms with Gasteiger partial charge in [-0.1, -0.05) is 19.1 Å². The molecule has 1 aromatic carbocycles. The molecule has 0 aliphatic carbocycles. The minimum Gasteiger partial charge on any atom is -0.340 e. The van der Waals surface area contributed by atoms with Crippen molar-refractivity contribution in [1.29, 1.82) is 0 Å². The van der Waals surface area contributed by atoms with Crippen LogP contribution in [0.15, 0.2) is 36.7 Å². The summed E-state index contributed by atoms with van der Waals surface area (Å²) in [5.41, 5.74) is 3.40. The van der Waals surface area contributed by atoms with Crippen molar-refractivity contribution in [3.8, 4) is 0 Å². The van der Waals surface area contributed by atoms with Crippen LogP contribution in [-0.4, -0.2) is 28.0 Å². The molecule has 116 valence electrons. The molecule has 0 unspecified atom stereocenters. The molecule has 0 radical (unpaired) electrons. The van der Waals surface area contributed by atoms with Gasteiger partial charge in [0.2, 0.25) is 0 Å². The average Bonchev–Trinajstić information content (AvgIpc) is 2.52. The monoisotopic (exact) mass is 296 g/mol. The Morgan fingerprint density at radius 2 is 1.86 bits per heavy atom. The summed E-state index contributed by atoms with van der Waals surface area (Å²) in [6.07, 6.45) is 4.24. The Morgan fingerprint density at radius 3 is 2.55 bits per heavy atom. The first-order valence-corrected chi connectivity index (χ1v) is 8.06. The Morgan fingerprint density at radius 1 is 1.14 bits per heavy atom. The molecule has 4 nitrogen and oxygen atoms in total. The lowest BCUT2D eigenvalue weighted by molar-refractivity contribution is 0.185. The van der Waals surface area contributed by atoms with Crippen molar-refractivity contribution in [3.63, 3.8) is 0 Å². The zero-order valence-electron chi connectivity index (χ0n) is 13.4. The molecule has 0 amide bonds. The van der Waals surface area contributed by atoms with Crippen LogP contribution >= 0.6 is 0 Å². The number of rotatable bonds is 4. The topological polar surface area (TPSA) is 41.0 Å². The zero-order valence-corrected chi connectivity index (χ0v) is 13.4. The lowest BCUT2D eigenvalue weighted by atomic mass is 9.99. The van der Waals surface area contributed by atoms with Gasteiger partial charge in [-0.2, -0.15) is 0 Å². The van der Waals surface area contributed by atoms with Crippen LogP contribution in [0.3, 0.4) is 0 Å². The van der Waals surface area contributed by atoms with E-state index in [-0.39, 0.29) is 0 Å². The predicted molar refractivity (Wildman–Crippen MR) is 90.2 cm³/mol. The van der Waals surface area contributed by atoms with Gasteiger partial charge in [-0.3, -0.25) is 4.90 Å². The van der Waals surface area contributed by atoms with Crippen molar-refractivity contribution >= 4 is 11.5 Å². The van der Waals surface area contributed by atoms with Gasteiger partial charge in [-0.25, -0.2) is 9.97 Å². The third-order valence-corrected chi connectivity index (χ3v) is 4.31. The van der Waals surface area contributed by atoms with Crippen LogP contribution in [-0.2, 0) is 6.54 Å². The molecule has 0 atom stereocenters. The maximum atomic E-state index is 4.23. The Kier molecular flexibility index (Phi) is 4.68. The predicted octanol–water partition coefficient (Wildman–Crippen LogP) is 3.76. The van der Waals surface area contributed by atoms with Crippen LogP contribution in [0.2, 0.25) is 0 Å². The second kappa shape index (κ2) is 6.88. The van der Waals surface area contributed by atoms with Crippen molar-refractivity contribution in [2.45, 2.75) is 33.2 Å². The number of likely N-dealkylation sites (tertiary alicyclic amines) is 1. The molecule has 1 aromatic heterocycles. The molecular formula is C18H24N4. The molecule has 4 heteroatoms. The van der Waals surface area contributed by atoms with Crippen LogP contribution in [0, 0.1) is 12.8 Å². The van der Waals surface area contributed by atoms with E-state index >= 15 is 0 Å². The van der Waals surface area contributed by atoms with Gasteiger partial charge in [0.05, 0.1) is 0 Å². The van der Waals surface area contributed by atoms with Crippen LogP contribution in [0.1, 0.15) is 31.0 Å². The zero-order chi connectivity index (χ0) is 15.4. The largest absolute Gasteiger partial charge is 0.340 e. The van der Waals surface area contributed by atoms with Crippen molar-refractivity contribution in [3.05, 3.63) is 47.9 Å². The number of anilines is 2. The summed E-state index contributed by atoms with van der Waals surface area (Å²) >= 11 is 0. The molecule has 1 N–H and O–H groups in total. The smallest absolute Gasteiger partial charge is 0.133 e. The van der Waals surface area contributed by atoms with E-state index in [2.05, 4.69) is 51.4 Å². The van der Waals surface area contributed by atoms with Gasteiger partial charge in [-0.15, -0.1) is 0 Å². The van der Waals surface area contributed by atoms with Crippen LogP contribution in [0.4, 0.5) is 11.5 Å². The van der Waals surface area contributed by atoms with Gasteiger partial charge in [0, 0.05) is 24.0 Å². The molecule has 0 bridgehead atoms. The first-order chi connectivity index (χ1) is 10.7. The third-order valence-electron chi connectivity index (χ3n) is 4.31. The molecule has 1 aliphatic heterocycles. The van der Waals surface area contributed by atoms with E-state index in [4.69, 9.17) is 0 Å². The highest BCUT2D eigenvalue weighted by molar-refractivity contribution is 5.56. The Hall–Kier alpha value is -1.94. The van der Waals surface area contributed by atoms with Crippen LogP contribution < -0.4 is 5.32 Å². The first-order valence-electron chi connectivity index (χ1n) is 8.06. The molecule has 3 rings (SSSR count). The van der Waals surface area contributed by atoms with E-state index in [1.165, 1.54) is 31.5 Å². The summed E-state index contributed by atoms with van der Waals surface area (Å²) in [4.78, 5) is 10.9. The highest BCUT2D eigenvalue weighted by Crippen LogP contribution is 2.20. The fraction of sp³-hybridized carbons (Fsp3) is 0.444. The van der Waals surface area contributed by atoms with Gasteiger partial charge < -0.3 is 5.32 Å². The number of hydrogen-bond donors (Lipinski definition) is 1. The van der Waals surface area contributed by atoms with Crippen molar-refractivity contribution in [1.82, 2.24) is 14.9 Å². The maximum Gasteiger partial charge on any atom is 0.133 e. The van der Waals surface area contributed by atoms with Crippen LogP contribution in [0.5, 0.6) is 0 Å². The third kappa shape index (κ3) is 4.04. The Balaban J connectivity index is 1.58. The molecule has 0 spiro atoms. The summed E-state index contributed by atoms with van der Waals surface area (Å²) in [5, 5.41) is 3.32. The summed E-state index contributed by atoms with van der Waals surface area (Å²) < 4.78 is 0. The number of hydrogen-bond acceptors (Lipinski definition) is 4.